The van der Waals surface area contributed by atoms with E-state index in [1.165, 1.54) is 41.2 Å². The number of nitro groups is 2. The number of non-ortho nitro benzene ring substituents is 2. The van der Waals surface area contributed by atoms with Crippen molar-refractivity contribution in [3.8, 4) is 11.3 Å². The molecule has 170 valence electrons. The Bertz CT molecular complexity index is 1240. The van der Waals surface area contributed by atoms with Gasteiger partial charge in [0, 0.05) is 43.1 Å². The Hall–Kier alpha value is -4.32. The quantitative estimate of drug-likeness (QED) is 0.226. The van der Waals surface area contributed by atoms with Gasteiger partial charge in [-0.3, -0.25) is 29.7 Å². The summed E-state index contributed by atoms with van der Waals surface area (Å²) in [5.74, 6) is -1.28. The van der Waals surface area contributed by atoms with Crippen LogP contribution in [-0.4, -0.2) is 44.7 Å². The van der Waals surface area contributed by atoms with Gasteiger partial charge in [-0.05, 0) is 18.2 Å². The van der Waals surface area contributed by atoms with Crippen molar-refractivity contribution in [1.82, 2.24) is 15.1 Å². The van der Waals surface area contributed by atoms with Crippen LogP contribution in [0, 0.1) is 20.2 Å². The second kappa shape index (κ2) is 9.87. The predicted octanol–water partition coefficient (Wildman–Crippen LogP) is 3.14. The highest BCUT2D eigenvalue weighted by atomic mass is 35.5. The van der Waals surface area contributed by atoms with Crippen molar-refractivity contribution in [2.45, 2.75) is 0 Å². The van der Waals surface area contributed by atoms with Gasteiger partial charge < -0.3 is 10.1 Å². The van der Waals surface area contributed by atoms with E-state index in [2.05, 4.69) is 10.4 Å². The summed E-state index contributed by atoms with van der Waals surface area (Å²) in [6.07, 6.45) is 1.45. The molecule has 0 saturated heterocycles. The first-order valence-corrected chi connectivity index (χ1v) is 9.73. The van der Waals surface area contributed by atoms with Gasteiger partial charge in [0.15, 0.2) is 0 Å². The molecule has 1 N–H and O–H groups in total. The molecule has 0 saturated carbocycles. The van der Waals surface area contributed by atoms with Crippen molar-refractivity contribution >= 4 is 34.9 Å². The van der Waals surface area contributed by atoms with Crippen LogP contribution < -0.4 is 5.32 Å². The van der Waals surface area contributed by atoms with Crippen molar-refractivity contribution in [3.05, 3.63) is 85.0 Å². The number of nitro benzene ring substituents is 2. The van der Waals surface area contributed by atoms with Crippen LogP contribution in [0.4, 0.5) is 11.4 Å². The van der Waals surface area contributed by atoms with Crippen LogP contribution in [0.3, 0.4) is 0 Å². The lowest BCUT2D eigenvalue weighted by Gasteiger charge is -2.08. The topological polar surface area (TPSA) is 160 Å². The molecular weight excluding hydrogens is 458 g/mol. The van der Waals surface area contributed by atoms with Gasteiger partial charge in [0.1, 0.15) is 17.9 Å². The molecular formula is C20H16ClN5O7. The minimum atomic E-state index is -0.695. The normalized spacial score (nSPS) is 10.5. The number of halogens is 1. The number of nitrogens with zero attached hydrogens (tertiary/aromatic N) is 4. The summed E-state index contributed by atoms with van der Waals surface area (Å²) >= 11 is 5.92. The standard InChI is InChI=1S/C20H16ClN5O7/c1-24-11-16(18(23-24)12-2-4-13(5-3-12)25(29)30)20(28)33-9-8-22-19(27)15-7-6-14(26(31)32)10-17(15)21/h2-7,10-11H,8-9H2,1H3,(H,22,27). The summed E-state index contributed by atoms with van der Waals surface area (Å²) in [5, 5.41) is 28.2. The predicted molar refractivity (Wildman–Crippen MR) is 116 cm³/mol. The zero-order valence-corrected chi connectivity index (χ0v) is 17.8. The van der Waals surface area contributed by atoms with Crippen molar-refractivity contribution in [3.63, 3.8) is 0 Å². The molecule has 1 aromatic heterocycles. The highest BCUT2D eigenvalue weighted by Crippen LogP contribution is 2.25. The van der Waals surface area contributed by atoms with Crippen molar-refractivity contribution in [2.24, 2.45) is 7.05 Å². The molecule has 3 rings (SSSR count). The number of aryl methyl sites for hydroxylation is 1. The molecule has 0 aliphatic rings. The number of carbonyl (C=O) groups is 2. The first-order chi connectivity index (χ1) is 15.7. The zero-order valence-electron chi connectivity index (χ0n) is 17.1. The van der Waals surface area contributed by atoms with Gasteiger partial charge in [-0.15, -0.1) is 0 Å². The van der Waals surface area contributed by atoms with E-state index in [-0.39, 0.29) is 40.7 Å². The zero-order chi connectivity index (χ0) is 24.1. The summed E-state index contributed by atoms with van der Waals surface area (Å²) in [4.78, 5) is 45.1. The van der Waals surface area contributed by atoms with E-state index >= 15 is 0 Å². The molecule has 0 radical (unpaired) electrons. The third kappa shape index (κ3) is 5.49. The summed E-state index contributed by atoms with van der Waals surface area (Å²) in [5.41, 5.74) is 0.638. The number of rotatable bonds is 8. The fourth-order valence-electron chi connectivity index (χ4n) is 2.88. The molecule has 0 unspecified atom stereocenters. The summed E-state index contributed by atoms with van der Waals surface area (Å²) in [7, 11) is 1.61. The molecule has 0 atom stereocenters. The van der Waals surface area contributed by atoms with E-state index in [1.807, 2.05) is 0 Å². The Balaban J connectivity index is 1.60. The molecule has 2 aromatic carbocycles. The van der Waals surface area contributed by atoms with Gasteiger partial charge in [-0.2, -0.15) is 5.10 Å². The van der Waals surface area contributed by atoms with Crippen LogP contribution in [0.1, 0.15) is 20.7 Å². The van der Waals surface area contributed by atoms with Gasteiger partial charge in [0.2, 0.25) is 0 Å². The minimum Gasteiger partial charge on any atom is -0.460 e. The summed E-state index contributed by atoms with van der Waals surface area (Å²) < 4.78 is 6.60. The van der Waals surface area contributed by atoms with E-state index in [4.69, 9.17) is 16.3 Å². The number of hydrogen-bond donors (Lipinski definition) is 1. The fraction of sp³-hybridized carbons (Fsp3) is 0.150. The van der Waals surface area contributed by atoms with Crippen molar-refractivity contribution in [1.29, 1.82) is 0 Å². The van der Waals surface area contributed by atoms with Gasteiger partial charge in [0.25, 0.3) is 17.3 Å². The van der Waals surface area contributed by atoms with Crippen LogP contribution >= 0.6 is 11.6 Å². The van der Waals surface area contributed by atoms with E-state index in [9.17, 15) is 29.8 Å². The molecule has 0 spiro atoms. The Kier molecular flexibility index (Phi) is 6.98. The Morgan fingerprint density at radius 1 is 1.06 bits per heavy atom. The van der Waals surface area contributed by atoms with Crippen molar-refractivity contribution < 1.29 is 24.2 Å². The van der Waals surface area contributed by atoms with Gasteiger partial charge in [-0.1, -0.05) is 11.6 Å². The third-order valence-electron chi connectivity index (χ3n) is 4.43. The summed E-state index contributed by atoms with van der Waals surface area (Å²) in [6.45, 7) is -0.200. The highest BCUT2D eigenvalue weighted by Gasteiger charge is 2.20. The number of esters is 1. The highest BCUT2D eigenvalue weighted by molar-refractivity contribution is 6.34. The minimum absolute atomic E-state index is 0.0367. The molecule has 0 bridgehead atoms. The SMILES string of the molecule is Cn1cc(C(=O)OCCNC(=O)c2ccc([N+](=O)[O-])cc2Cl)c(-c2ccc([N+](=O)[O-])cc2)n1. The molecule has 1 heterocycles. The number of carbonyl (C=O) groups excluding carboxylic acids is 2. The maximum absolute atomic E-state index is 12.5. The third-order valence-corrected chi connectivity index (χ3v) is 4.74. The molecule has 0 aliphatic carbocycles. The largest absolute Gasteiger partial charge is 0.460 e. The fourth-order valence-corrected chi connectivity index (χ4v) is 3.14. The average molecular weight is 474 g/mol. The van der Waals surface area contributed by atoms with Gasteiger partial charge >= 0.3 is 5.97 Å². The lowest BCUT2D eigenvalue weighted by atomic mass is 10.1. The lowest BCUT2D eigenvalue weighted by molar-refractivity contribution is -0.385. The number of aromatic nitrogens is 2. The smallest absolute Gasteiger partial charge is 0.342 e. The van der Waals surface area contributed by atoms with Crippen LogP contribution in [0.5, 0.6) is 0 Å². The monoisotopic (exact) mass is 473 g/mol. The first-order valence-electron chi connectivity index (χ1n) is 9.35. The second-order valence-electron chi connectivity index (χ2n) is 6.68. The maximum atomic E-state index is 12.5. The molecule has 33 heavy (non-hydrogen) atoms. The lowest BCUT2D eigenvalue weighted by Crippen LogP contribution is -2.28. The van der Waals surface area contributed by atoms with Gasteiger partial charge in [-0.25, -0.2) is 4.79 Å². The second-order valence-corrected chi connectivity index (χ2v) is 7.09. The van der Waals surface area contributed by atoms with Crippen molar-refractivity contribution in [2.75, 3.05) is 13.2 Å². The van der Waals surface area contributed by atoms with E-state index in [0.717, 1.165) is 12.1 Å². The molecule has 1 amide bonds. The number of nitrogens with one attached hydrogen (secondary N) is 1. The Morgan fingerprint density at radius 3 is 2.30 bits per heavy atom. The number of benzene rings is 2. The van der Waals surface area contributed by atoms with Gasteiger partial charge in [0.05, 0.1) is 27.0 Å². The Labute approximate surface area is 191 Å². The van der Waals surface area contributed by atoms with Crippen LogP contribution in [0.15, 0.2) is 48.7 Å². The van der Waals surface area contributed by atoms with E-state index < -0.39 is 21.7 Å². The van der Waals surface area contributed by atoms with E-state index in [1.54, 1.807) is 7.05 Å². The molecule has 3 aromatic rings. The molecule has 13 heteroatoms. The molecule has 12 nitrogen and oxygen atoms in total. The van der Waals surface area contributed by atoms with E-state index in [0.29, 0.717) is 11.3 Å². The van der Waals surface area contributed by atoms with Crippen LogP contribution in [0.2, 0.25) is 5.02 Å². The summed E-state index contributed by atoms with van der Waals surface area (Å²) in [6, 6.07) is 9.02. The van der Waals surface area contributed by atoms with Crippen LogP contribution in [0.25, 0.3) is 11.3 Å². The molecule has 0 fully saturated rings. The maximum Gasteiger partial charge on any atom is 0.342 e. The number of hydrogen-bond acceptors (Lipinski definition) is 8. The number of amides is 1. The Morgan fingerprint density at radius 2 is 1.70 bits per heavy atom. The average Bonchev–Trinajstić information content (AvgIpc) is 3.18. The first kappa shape index (κ1) is 23.3. The number of ether oxygens (including phenoxy) is 1. The molecule has 0 aliphatic heterocycles. The van der Waals surface area contributed by atoms with Crippen LogP contribution in [-0.2, 0) is 11.8 Å².